The quantitative estimate of drug-likeness (QED) is 0.172. The van der Waals surface area contributed by atoms with E-state index >= 15 is 0 Å². The van der Waals surface area contributed by atoms with E-state index in [1.54, 1.807) is 37.6 Å². The highest BCUT2D eigenvalue weighted by molar-refractivity contribution is 7.88. The summed E-state index contributed by atoms with van der Waals surface area (Å²) in [5.41, 5.74) is 0.380. The average molecular weight is 1210 g/mol. The molecular weight excluding hydrogens is 1150 g/mol. The van der Waals surface area contributed by atoms with Gasteiger partial charge in [0, 0.05) is 117 Å². The van der Waals surface area contributed by atoms with Gasteiger partial charge >= 0.3 is 18.4 Å². The van der Waals surface area contributed by atoms with Gasteiger partial charge in [-0.05, 0) is 20.8 Å². The van der Waals surface area contributed by atoms with Crippen molar-refractivity contribution in [3.63, 3.8) is 0 Å². The highest BCUT2D eigenvalue weighted by Gasteiger charge is 2.38. The van der Waals surface area contributed by atoms with Crippen LogP contribution in [0.4, 0.5) is 66.6 Å². The highest BCUT2D eigenvalue weighted by Crippen LogP contribution is 2.36. The van der Waals surface area contributed by atoms with Crippen molar-refractivity contribution in [2.75, 3.05) is 161 Å². The molecule has 36 heteroatoms. The summed E-state index contributed by atoms with van der Waals surface area (Å²) in [6, 6.07) is 0. The monoisotopic (exact) mass is 1210 g/mol. The lowest BCUT2D eigenvalue weighted by Gasteiger charge is -2.34. The third-order valence-electron chi connectivity index (χ3n) is 13.4. The van der Waals surface area contributed by atoms with Gasteiger partial charge in [0.25, 0.3) is 0 Å². The number of anilines is 6. The molecule has 28 nitrogen and oxygen atoms in total. The van der Waals surface area contributed by atoms with Crippen LogP contribution in [0.3, 0.4) is 0 Å². The molecule has 1 amide bonds. The first-order valence-corrected chi connectivity index (χ1v) is 29.8. The van der Waals surface area contributed by atoms with Crippen LogP contribution >= 0.6 is 0 Å². The summed E-state index contributed by atoms with van der Waals surface area (Å²) in [5.74, 6) is 1.44. The second-order valence-corrected chi connectivity index (χ2v) is 24.6. The second kappa shape index (κ2) is 23.8. The van der Waals surface area contributed by atoms with E-state index in [9.17, 15) is 48.0 Å². The van der Waals surface area contributed by atoms with Crippen LogP contribution in [-0.4, -0.2) is 240 Å². The number of alkyl halides is 6. The number of halogens is 6. The second-order valence-electron chi connectivity index (χ2n) is 20.7. The zero-order valence-electron chi connectivity index (χ0n) is 46.4. The molecule has 0 unspecified atom stereocenters. The summed E-state index contributed by atoms with van der Waals surface area (Å²) < 4.78 is 152. The third kappa shape index (κ3) is 14.4. The molecule has 0 aromatic carbocycles. The number of nitrogens with zero attached hydrogens (tertiary/aromatic N) is 19. The molecule has 1 N–H and O–H groups in total. The first-order chi connectivity index (χ1) is 39.0. The molecule has 0 aliphatic carbocycles. The number of sulfonamides is 2. The van der Waals surface area contributed by atoms with E-state index in [-0.39, 0.29) is 104 Å². The van der Waals surface area contributed by atoms with Gasteiger partial charge in [0.15, 0.2) is 45.6 Å². The number of hydrogen-bond acceptors (Lipinski definition) is 23. The molecule has 0 bridgehead atoms. The Balaban J connectivity index is 0.000000202. The topological polar surface area (TPSA) is 287 Å². The van der Waals surface area contributed by atoms with E-state index < -0.39 is 57.2 Å². The van der Waals surface area contributed by atoms with Crippen molar-refractivity contribution in [3.05, 3.63) is 24.8 Å². The van der Waals surface area contributed by atoms with Crippen LogP contribution in [0, 0.1) is 0 Å². The summed E-state index contributed by atoms with van der Waals surface area (Å²) in [7, 11) is -3.75. The zero-order valence-corrected chi connectivity index (χ0v) is 48.0. The number of imidazole rings is 2. The molecule has 4 aliphatic heterocycles. The predicted octanol–water partition coefficient (Wildman–Crippen LogP) is 2.94. The molecule has 0 radical (unpaired) electrons. The number of ether oxygens (including phenoxy) is 3. The Labute approximate surface area is 472 Å². The number of amides is 1. The predicted molar refractivity (Wildman–Crippen MR) is 292 cm³/mol. The van der Waals surface area contributed by atoms with Crippen LogP contribution in [0.15, 0.2) is 24.8 Å². The fraction of sp³-hybridized carbons (Fsp3) is 0.596. The molecule has 452 valence electrons. The number of carbonyl (C=O) groups excluding carboxylic acids is 1. The number of piperazine rings is 2. The SMILES string of the molecule is CN(C(=O)OC(C)(C)C)c1ncc(-c2nc(N3CCOCC3)c3nc(N4CCN(S(C)(=O)=O)CC4)n(CC(F)(F)F)c3n2)cn1.CNc1ncc(-c2nc(N3CCOCC3)c3nc(N4CCN(S(C)(=O)=O)CC4)n(CC(F)(F)F)c3n2)cn1. The van der Waals surface area contributed by atoms with Gasteiger partial charge in [0.05, 0.1) is 50.1 Å². The summed E-state index contributed by atoms with van der Waals surface area (Å²) in [6.07, 6.45) is -1.87. The Morgan fingerprint density at radius 3 is 1.29 bits per heavy atom. The largest absolute Gasteiger partial charge is 0.443 e. The maximum Gasteiger partial charge on any atom is 0.416 e. The van der Waals surface area contributed by atoms with Gasteiger partial charge in [-0.15, -0.1) is 0 Å². The van der Waals surface area contributed by atoms with Gasteiger partial charge in [-0.3, -0.25) is 9.13 Å². The van der Waals surface area contributed by atoms with E-state index in [1.165, 1.54) is 40.4 Å². The molecule has 0 atom stereocenters. The van der Waals surface area contributed by atoms with Gasteiger partial charge in [-0.2, -0.15) is 35.0 Å². The first kappa shape index (κ1) is 60.4. The van der Waals surface area contributed by atoms with Gasteiger partial charge in [0.1, 0.15) is 18.7 Å². The molecule has 4 saturated heterocycles. The standard InChI is InChI=1S/C26H35F3N10O5S.C21H27F3N10O3S/c1-25(2,3)44-24(40)35(4)22-30-14-17(15-31-22)19-33-20(36-10-12-43-13-11-36)18-21(34-19)39(16-26(27,28)29)23(32-18)37-6-8-38(9-7-37)45(5,41)42;1-25-19-26-11-14(12-27-19)16-29-17(31-7-9-37-10-8-31)15-18(30-16)34(13-21(22,23)24)20(28-15)32-3-5-33(6-4-32)38(2,35)36/h14-15H,6-13,16H2,1-5H3;11-12H,3-10,13H2,1-2H3,(H,25,26,27). The van der Waals surface area contributed by atoms with Gasteiger partial charge in [-0.25, -0.2) is 76.4 Å². The number of carbonyl (C=O) groups is 1. The number of rotatable bonds is 12. The van der Waals surface area contributed by atoms with E-state index in [1.807, 2.05) is 9.80 Å². The number of aromatic nitrogens is 12. The normalized spacial score (nSPS) is 17.5. The smallest absolute Gasteiger partial charge is 0.416 e. The Kier molecular flexibility index (Phi) is 17.4. The maximum absolute atomic E-state index is 14.0. The molecule has 10 heterocycles. The first-order valence-electron chi connectivity index (χ1n) is 26.1. The van der Waals surface area contributed by atoms with Crippen molar-refractivity contribution in [2.24, 2.45) is 0 Å². The molecule has 10 rings (SSSR count). The third-order valence-corrected chi connectivity index (χ3v) is 16.0. The van der Waals surface area contributed by atoms with Crippen LogP contribution < -0.4 is 29.8 Å². The summed E-state index contributed by atoms with van der Waals surface area (Å²) in [5, 5.41) is 2.81. The van der Waals surface area contributed by atoms with Gasteiger partial charge in [0.2, 0.25) is 43.8 Å². The molecule has 6 aromatic rings. The lowest BCUT2D eigenvalue weighted by atomic mass is 10.2. The minimum Gasteiger partial charge on any atom is -0.443 e. The zero-order chi connectivity index (χ0) is 59.8. The van der Waals surface area contributed by atoms with Crippen LogP contribution in [0.25, 0.3) is 45.1 Å². The van der Waals surface area contributed by atoms with Gasteiger partial charge < -0.3 is 39.1 Å². The van der Waals surface area contributed by atoms with Crippen LogP contribution in [0.5, 0.6) is 0 Å². The summed E-state index contributed by atoms with van der Waals surface area (Å²) in [4.78, 5) is 65.2. The van der Waals surface area contributed by atoms with E-state index in [0.29, 0.717) is 81.3 Å². The Bertz CT molecular complexity index is 3510. The highest BCUT2D eigenvalue weighted by atomic mass is 32.2. The molecule has 6 aromatic heterocycles. The molecule has 0 spiro atoms. The van der Waals surface area contributed by atoms with E-state index in [2.05, 4.69) is 50.2 Å². The molecule has 83 heavy (non-hydrogen) atoms. The van der Waals surface area contributed by atoms with Crippen molar-refractivity contribution in [3.8, 4) is 22.8 Å². The Hall–Kier alpha value is -7.15. The number of nitrogens with one attached hydrogen (secondary N) is 1. The number of fused-ring (bicyclic) bond motifs is 2. The Morgan fingerprint density at radius 2 is 0.952 bits per heavy atom. The fourth-order valence-electron chi connectivity index (χ4n) is 9.37. The minimum atomic E-state index is -4.61. The summed E-state index contributed by atoms with van der Waals surface area (Å²) >= 11 is 0. The van der Waals surface area contributed by atoms with Crippen molar-refractivity contribution in [1.82, 2.24) is 67.6 Å². The average Bonchev–Trinajstić information content (AvgIpc) is 3.83. The van der Waals surface area contributed by atoms with Crippen molar-refractivity contribution < 1.29 is 62.2 Å². The maximum atomic E-state index is 14.0. The Morgan fingerprint density at radius 1 is 0.578 bits per heavy atom. The molecule has 0 saturated carbocycles. The summed E-state index contributed by atoms with van der Waals surface area (Å²) in [6.45, 7) is 7.07. The van der Waals surface area contributed by atoms with Crippen LogP contribution in [0.2, 0.25) is 0 Å². The molecule has 4 fully saturated rings. The van der Waals surface area contributed by atoms with Crippen LogP contribution in [-0.2, 0) is 47.3 Å². The minimum absolute atomic E-state index is 0.0158. The van der Waals surface area contributed by atoms with E-state index in [4.69, 9.17) is 19.2 Å². The fourth-order valence-corrected chi connectivity index (χ4v) is 11.0. The van der Waals surface area contributed by atoms with E-state index in [0.717, 1.165) is 26.5 Å². The lowest BCUT2D eigenvalue weighted by Crippen LogP contribution is -2.49. The van der Waals surface area contributed by atoms with Crippen molar-refractivity contribution >= 4 is 83.9 Å². The molecular formula is C47H62F6N20O8S2. The molecule has 4 aliphatic rings. The van der Waals surface area contributed by atoms with Crippen molar-refractivity contribution in [2.45, 2.75) is 51.8 Å². The van der Waals surface area contributed by atoms with Crippen molar-refractivity contribution in [1.29, 1.82) is 0 Å². The number of morpholine rings is 2. The van der Waals surface area contributed by atoms with Gasteiger partial charge in [-0.1, -0.05) is 0 Å². The van der Waals surface area contributed by atoms with Crippen LogP contribution in [0.1, 0.15) is 20.8 Å². The lowest BCUT2D eigenvalue weighted by molar-refractivity contribution is -0.140. The number of hydrogen-bond donors (Lipinski definition) is 1.